The van der Waals surface area contributed by atoms with Crippen molar-refractivity contribution in [3.8, 4) is 5.75 Å². The highest BCUT2D eigenvalue weighted by Gasteiger charge is 2.09. The first kappa shape index (κ1) is 13.2. The van der Waals surface area contributed by atoms with Crippen molar-refractivity contribution in [3.05, 3.63) is 64.1 Å². The standard InChI is InChI=1S/C16H15BrN2O/c1-11-4-3-5-13(8-11)20-10-15-18-16(17)14-7-6-12(2)9-19(14)15/h3-9H,10H2,1-2H3. The van der Waals surface area contributed by atoms with Gasteiger partial charge in [-0.3, -0.25) is 4.40 Å². The van der Waals surface area contributed by atoms with E-state index in [9.17, 15) is 0 Å². The van der Waals surface area contributed by atoms with Crippen molar-refractivity contribution in [2.45, 2.75) is 20.5 Å². The third-order valence-electron chi connectivity index (χ3n) is 3.17. The van der Waals surface area contributed by atoms with Crippen molar-refractivity contribution in [2.24, 2.45) is 0 Å². The zero-order valence-electron chi connectivity index (χ0n) is 11.4. The maximum atomic E-state index is 5.83. The van der Waals surface area contributed by atoms with Crippen molar-refractivity contribution in [3.63, 3.8) is 0 Å². The largest absolute Gasteiger partial charge is 0.486 e. The number of imidazole rings is 1. The Morgan fingerprint density at radius 2 is 2.00 bits per heavy atom. The molecule has 0 aliphatic carbocycles. The zero-order chi connectivity index (χ0) is 14.1. The van der Waals surface area contributed by atoms with Crippen molar-refractivity contribution in [1.29, 1.82) is 0 Å². The summed E-state index contributed by atoms with van der Waals surface area (Å²) in [5.74, 6) is 1.75. The predicted molar refractivity (Wildman–Crippen MR) is 83.1 cm³/mol. The van der Waals surface area contributed by atoms with Crippen LogP contribution in [0.15, 0.2) is 47.2 Å². The molecule has 0 bridgehead atoms. The van der Waals surface area contributed by atoms with Crippen LogP contribution in [0.1, 0.15) is 17.0 Å². The molecule has 0 aliphatic rings. The molecule has 2 heterocycles. The number of aromatic nitrogens is 2. The molecule has 0 radical (unpaired) electrons. The second-order valence-corrected chi connectivity index (χ2v) is 5.64. The molecular formula is C16H15BrN2O. The van der Waals surface area contributed by atoms with Crippen LogP contribution in [-0.4, -0.2) is 9.38 Å². The molecule has 20 heavy (non-hydrogen) atoms. The second-order valence-electron chi connectivity index (χ2n) is 4.89. The average Bonchev–Trinajstić information content (AvgIpc) is 2.73. The summed E-state index contributed by atoms with van der Waals surface area (Å²) < 4.78 is 8.74. The van der Waals surface area contributed by atoms with Gasteiger partial charge in [-0.25, -0.2) is 4.98 Å². The lowest BCUT2D eigenvalue weighted by Gasteiger charge is -2.06. The number of aryl methyl sites for hydroxylation is 2. The summed E-state index contributed by atoms with van der Waals surface area (Å²) in [6.45, 7) is 4.57. The van der Waals surface area contributed by atoms with Crippen LogP contribution in [0.2, 0.25) is 0 Å². The van der Waals surface area contributed by atoms with Crippen LogP contribution in [0.4, 0.5) is 0 Å². The first-order valence-electron chi connectivity index (χ1n) is 6.46. The van der Waals surface area contributed by atoms with E-state index in [0.29, 0.717) is 6.61 Å². The van der Waals surface area contributed by atoms with Gasteiger partial charge in [-0.05, 0) is 59.1 Å². The van der Waals surface area contributed by atoms with Crippen molar-refractivity contribution in [2.75, 3.05) is 0 Å². The lowest BCUT2D eigenvalue weighted by molar-refractivity contribution is 0.295. The van der Waals surface area contributed by atoms with E-state index in [4.69, 9.17) is 4.74 Å². The number of hydrogen-bond donors (Lipinski definition) is 0. The number of halogens is 1. The third-order valence-corrected chi connectivity index (χ3v) is 3.75. The van der Waals surface area contributed by atoms with Crippen molar-refractivity contribution < 1.29 is 4.74 Å². The number of ether oxygens (including phenoxy) is 1. The minimum absolute atomic E-state index is 0.444. The van der Waals surface area contributed by atoms with Crippen molar-refractivity contribution in [1.82, 2.24) is 9.38 Å². The summed E-state index contributed by atoms with van der Waals surface area (Å²) in [7, 11) is 0. The fraction of sp³-hybridized carbons (Fsp3) is 0.188. The first-order valence-corrected chi connectivity index (χ1v) is 7.25. The van der Waals surface area contributed by atoms with Gasteiger partial charge in [0.1, 0.15) is 17.0 Å². The van der Waals surface area contributed by atoms with Gasteiger partial charge in [0, 0.05) is 6.20 Å². The maximum absolute atomic E-state index is 5.83. The van der Waals surface area contributed by atoms with E-state index >= 15 is 0 Å². The van der Waals surface area contributed by atoms with Gasteiger partial charge in [0.2, 0.25) is 0 Å². The summed E-state index contributed by atoms with van der Waals surface area (Å²) >= 11 is 3.49. The first-order chi connectivity index (χ1) is 9.63. The molecule has 0 N–H and O–H groups in total. The summed E-state index contributed by atoms with van der Waals surface area (Å²) in [4.78, 5) is 4.52. The third kappa shape index (κ3) is 2.56. The van der Waals surface area contributed by atoms with Crippen LogP contribution in [0.3, 0.4) is 0 Å². The molecule has 3 nitrogen and oxygen atoms in total. The fourth-order valence-electron chi connectivity index (χ4n) is 2.17. The molecule has 1 aromatic carbocycles. The highest BCUT2D eigenvalue weighted by molar-refractivity contribution is 9.10. The Kier molecular flexibility index (Phi) is 3.49. The molecule has 0 aliphatic heterocycles. The van der Waals surface area contributed by atoms with Crippen LogP contribution in [-0.2, 0) is 6.61 Å². The Morgan fingerprint density at radius 3 is 2.80 bits per heavy atom. The number of benzene rings is 1. The van der Waals surface area contributed by atoms with Gasteiger partial charge in [0.25, 0.3) is 0 Å². The van der Waals surface area contributed by atoms with E-state index in [1.54, 1.807) is 0 Å². The van der Waals surface area contributed by atoms with Gasteiger partial charge in [-0.1, -0.05) is 18.2 Å². The van der Waals surface area contributed by atoms with Gasteiger partial charge in [0.05, 0.1) is 5.52 Å². The quantitative estimate of drug-likeness (QED) is 0.716. The highest BCUT2D eigenvalue weighted by Crippen LogP contribution is 2.21. The average molecular weight is 331 g/mol. The van der Waals surface area contributed by atoms with Crippen LogP contribution >= 0.6 is 15.9 Å². The summed E-state index contributed by atoms with van der Waals surface area (Å²) in [6.07, 6.45) is 2.07. The molecular weight excluding hydrogens is 316 g/mol. The van der Waals surface area contributed by atoms with Gasteiger partial charge >= 0.3 is 0 Å². The summed E-state index contributed by atoms with van der Waals surface area (Å²) in [5, 5.41) is 0. The van der Waals surface area contributed by atoms with E-state index in [1.165, 1.54) is 11.1 Å². The summed E-state index contributed by atoms with van der Waals surface area (Å²) in [5.41, 5.74) is 3.44. The molecule has 0 fully saturated rings. The monoisotopic (exact) mass is 330 g/mol. The van der Waals surface area contributed by atoms with Gasteiger partial charge in [-0.2, -0.15) is 0 Å². The summed E-state index contributed by atoms with van der Waals surface area (Å²) in [6, 6.07) is 12.2. The van der Waals surface area contributed by atoms with E-state index in [0.717, 1.165) is 21.7 Å². The van der Waals surface area contributed by atoms with Crippen LogP contribution in [0, 0.1) is 13.8 Å². The normalized spacial score (nSPS) is 10.9. The van der Waals surface area contributed by atoms with Crippen LogP contribution in [0.25, 0.3) is 5.52 Å². The Morgan fingerprint density at radius 1 is 1.15 bits per heavy atom. The fourth-order valence-corrected chi connectivity index (χ4v) is 2.70. The minimum atomic E-state index is 0.444. The number of rotatable bonds is 3. The molecule has 0 atom stereocenters. The number of nitrogens with zero attached hydrogens (tertiary/aromatic N) is 2. The van der Waals surface area contributed by atoms with Crippen LogP contribution < -0.4 is 4.74 Å². The Bertz CT molecular complexity index is 764. The lowest BCUT2D eigenvalue weighted by atomic mass is 10.2. The zero-order valence-corrected chi connectivity index (χ0v) is 13.0. The number of fused-ring (bicyclic) bond motifs is 1. The minimum Gasteiger partial charge on any atom is -0.486 e. The van der Waals surface area contributed by atoms with Crippen LogP contribution in [0.5, 0.6) is 5.75 Å². The molecule has 0 amide bonds. The molecule has 0 saturated carbocycles. The lowest BCUT2D eigenvalue weighted by Crippen LogP contribution is -2.01. The van der Waals surface area contributed by atoms with Gasteiger partial charge in [0.15, 0.2) is 5.82 Å². The molecule has 4 heteroatoms. The Hall–Kier alpha value is -1.81. The number of pyridine rings is 1. The van der Waals surface area contributed by atoms with Gasteiger partial charge < -0.3 is 4.74 Å². The molecule has 102 valence electrons. The molecule has 3 aromatic rings. The van der Waals surface area contributed by atoms with E-state index < -0.39 is 0 Å². The topological polar surface area (TPSA) is 26.5 Å². The predicted octanol–water partition coefficient (Wildman–Crippen LogP) is 4.29. The highest BCUT2D eigenvalue weighted by atomic mass is 79.9. The SMILES string of the molecule is Cc1cccc(OCc2nc(Br)c3ccc(C)cn23)c1. The van der Waals surface area contributed by atoms with Crippen molar-refractivity contribution >= 4 is 21.4 Å². The molecule has 0 saturated heterocycles. The maximum Gasteiger partial charge on any atom is 0.152 e. The molecule has 2 aromatic heterocycles. The molecule has 0 spiro atoms. The smallest absolute Gasteiger partial charge is 0.152 e. The van der Waals surface area contributed by atoms with Gasteiger partial charge in [-0.15, -0.1) is 0 Å². The van der Waals surface area contributed by atoms with E-state index in [2.05, 4.69) is 63.6 Å². The molecule has 3 rings (SSSR count). The van der Waals surface area contributed by atoms with E-state index in [-0.39, 0.29) is 0 Å². The Balaban J connectivity index is 1.89. The van der Waals surface area contributed by atoms with E-state index in [1.807, 2.05) is 18.2 Å². The number of hydrogen-bond acceptors (Lipinski definition) is 2. The second kappa shape index (κ2) is 5.29. The molecule has 0 unspecified atom stereocenters. The Labute approximate surface area is 126 Å².